The number of ether oxygens (including phenoxy) is 1. The molecule has 2 unspecified atom stereocenters. The molecule has 1 aliphatic heterocycles. The summed E-state index contributed by atoms with van der Waals surface area (Å²) in [5.41, 5.74) is -0.834. The highest BCUT2D eigenvalue weighted by Gasteiger charge is 2.46. The van der Waals surface area contributed by atoms with E-state index in [2.05, 4.69) is 5.32 Å². The second-order valence-corrected chi connectivity index (χ2v) is 6.36. The lowest BCUT2D eigenvalue weighted by atomic mass is 9.89. The third kappa shape index (κ3) is 3.72. The summed E-state index contributed by atoms with van der Waals surface area (Å²) in [6.07, 6.45) is 0.978. The van der Waals surface area contributed by atoms with Crippen LogP contribution < -0.4 is 5.32 Å². The van der Waals surface area contributed by atoms with Crippen molar-refractivity contribution in [1.82, 2.24) is 10.2 Å². The van der Waals surface area contributed by atoms with Crippen LogP contribution in [0.15, 0.2) is 0 Å². The molecule has 0 spiro atoms. The van der Waals surface area contributed by atoms with Crippen molar-refractivity contribution in [3.05, 3.63) is 0 Å². The van der Waals surface area contributed by atoms with E-state index in [9.17, 15) is 9.59 Å². The zero-order valence-corrected chi connectivity index (χ0v) is 13.5. The second kappa shape index (κ2) is 6.57. The highest BCUT2D eigenvalue weighted by molar-refractivity contribution is 5.99. The molecule has 1 rings (SSSR count). The smallest absolute Gasteiger partial charge is 0.248 e. The standard InChI is InChI=1S/C15H28N2O3/c1-7-11(4)12-13(18)16-15(5,6)14(19)17(12)8-9-20-10(2)3/h10-12H,7-9H2,1-6H3,(H,16,18). The van der Waals surface area contributed by atoms with Gasteiger partial charge in [-0.1, -0.05) is 20.3 Å². The Bertz CT molecular complexity index is 366. The normalized spacial score (nSPS) is 23.9. The molecule has 0 saturated carbocycles. The first kappa shape index (κ1) is 17.0. The SMILES string of the molecule is CCC(C)C1C(=O)NC(C)(C)C(=O)N1CCOC(C)C. The van der Waals surface area contributed by atoms with Crippen LogP contribution >= 0.6 is 0 Å². The average Bonchev–Trinajstić information content (AvgIpc) is 2.33. The summed E-state index contributed by atoms with van der Waals surface area (Å²) >= 11 is 0. The van der Waals surface area contributed by atoms with Crippen molar-refractivity contribution in [2.45, 2.75) is 65.6 Å². The Morgan fingerprint density at radius 2 is 1.90 bits per heavy atom. The van der Waals surface area contributed by atoms with Crippen molar-refractivity contribution in [2.24, 2.45) is 5.92 Å². The van der Waals surface area contributed by atoms with Gasteiger partial charge in [0.15, 0.2) is 0 Å². The number of carbonyl (C=O) groups excluding carboxylic acids is 2. The van der Waals surface area contributed by atoms with Gasteiger partial charge in [-0.15, -0.1) is 0 Å². The minimum atomic E-state index is -0.834. The van der Waals surface area contributed by atoms with Gasteiger partial charge in [-0.3, -0.25) is 9.59 Å². The second-order valence-electron chi connectivity index (χ2n) is 6.36. The summed E-state index contributed by atoms with van der Waals surface area (Å²) in [6, 6.07) is -0.392. The van der Waals surface area contributed by atoms with Gasteiger partial charge in [-0.2, -0.15) is 0 Å². The van der Waals surface area contributed by atoms with Gasteiger partial charge in [0.05, 0.1) is 12.7 Å². The predicted molar refractivity (Wildman–Crippen MR) is 78.3 cm³/mol. The van der Waals surface area contributed by atoms with Crippen LogP contribution in [0, 0.1) is 5.92 Å². The summed E-state index contributed by atoms with van der Waals surface area (Å²) < 4.78 is 5.53. The molecular formula is C15H28N2O3. The van der Waals surface area contributed by atoms with Crippen molar-refractivity contribution in [3.8, 4) is 0 Å². The molecule has 1 fully saturated rings. The van der Waals surface area contributed by atoms with Crippen molar-refractivity contribution >= 4 is 11.8 Å². The molecule has 1 N–H and O–H groups in total. The van der Waals surface area contributed by atoms with Crippen LogP contribution in [0.4, 0.5) is 0 Å². The molecule has 5 heteroatoms. The van der Waals surface area contributed by atoms with Crippen LogP contribution in [0.2, 0.25) is 0 Å². The quantitative estimate of drug-likeness (QED) is 0.805. The van der Waals surface area contributed by atoms with Crippen LogP contribution in [0.25, 0.3) is 0 Å². The Morgan fingerprint density at radius 1 is 1.30 bits per heavy atom. The molecule has 1 saturated heterocycles. The monoisotopic (exact) mass is 284 g/mol. The maximum absolute atomic E-state index is 12.6. The van der Waals surface area contributed by atoms with Crippen LogP contribution in [0.3, 0.4) is 0 Å². The molecule has 1 aliphatic rings. The fraction of sp³-hybridized carbons (Fsp3) is 0.867. The van der Waals surface area contributed by atoms with Crippen molar-refractivity contribution < 1.29 is 14.3 Å². The van der Waals surface area contributed by atoms with E-state index in [-0.39, 0.29) is 23.8 Å². The molecule has 2 amide bonds. The molecule has 0 aromatic rings. The molecule has 0 aliphatic carbocycles. The Morgan fingerprint density at radius 3 is 2.40 bits per heavy atom. The first-order valence-corrected chi connectivity index (χ1v) is 7.45. The Balaban J connectivity index is 2.89. The largest absolute Gasteiger partial charge is 0.377 e. The predicted octanol–water partition coefficient (Wildman–Crippen LogP) is 1.56. The van der Waals surface area contributed by atoms with Crippen molar-refractivity contribution in [3.63, 3.8) is 0 Å². The first-order chi connectivity index (χ1) is 9.20. The van der Waals surface area contributed by atoms with Gasteiger partial charge in [0.25, 0.3) is 0 Å². The molecule has 0 aromatic carbocycles. The van der Waals surface area contributed by atoms with E-state index in [0.717, 1.165) is 6.42 Å². The van der Waals surface area contributed by atoms with Gasteiger partial charge in [-0.25, -0.2) is 0 Å². The van der Waals surface area contributed by atoms with Gasteiger partial charge in [-0.05, 0) is 33.6 Å². The van der Waals surface area contributed by atoms with Crippen LogP contribution in [-0.2, 0) is 14.3 Å². The number of hydrogen-bond donors (Lipinski definition) is 1. The van der Waals surface area contributed by atoms with Crippen molar-refractivity contribution in [1.29, 1.82) is 0 Å². The lowest BCUT2D eigenvalue weighted by Gasteiger charge is -2.44. The number of amides is 2. The highest BCUT2D eigenvalue weighted by Crippen LogP contribution is 2.24. The number of rotatable bonds is 6. The highest BCUT2D eigenvalue weighted by atomic mass is 16.5. The fourth-order valence-electron chi connectivity index (χ4n) is 2.48. The van der Waals surface area contributed by atoms with Crippen molar-refractivity contribution in [2.75, 3.05) is 13.2 Å². The van der Waals surface area contributed by atoms with Gasteiger partial charge in [0, 0.05) is 6.54 Å². The summed E-state index contributed by atoms with van der Waals surface area (Å²) in [4.78, 5) is 26.6. The summed E-state index contributed by atoms with van der Waals surface area (Å²) in [6.45, 7) is 12.4. The van der Waals surface area contributed by atoms with Gasteiger partial charge < -0.3 is 15.0 Å². The van der Waals surface area contributed by atoms with E-state index in [4.69, 9.17) is 4.74 Å². The topological polar surface area (TPSA) is 58.6 Å². The Labute approximate surface area is 122 Å². The van der Waals surface area contributed by atoms with E-state index in [0.29, 0.717) is 13.2 Å². The Kier molecular flexibility index (Phi) is 5.57. The van der Waals surface area contributed by atoms with Gasteiger partial charge in [0.1, 0.15) is 11.6 Å². The zero-order chi connectivity index (χ0) is 15.5. The first-order valence-electron chi connectivity index (χ1n) is 7.45. The number of nitrogens with zero attached hydrogens (tertiary/aromatic N) is 1. The number of hydrogen-bond acceptors (Lipinski definition) is 3. The van der Waals surface area contributed by atoms with Crippen LogP contribution in [-0.4, -0.2) is 47.6 Å². The lowest BCUT2D eigenvalue weighted by molar-refractivity contribution is -0.156. The number of carbonyl (C=O) groups is 2. The minimum absolute atomic E-state index is 0.0326. The molecule has 0 radical (unpaired) electrons. The lowest BCUT2D eigenvalue weighted by Crippen LogP contribution is -2.69. The number of piperazine rings is 1. The maximum Gasteiger partial charge on any atom is 0.248 e. The summed E-state index contributed by atoms with van der Waals surface area (Å²) in [5.74, 6) is 0.0392. The van der Waals surface area contributed by atoms with E-state index in [1.807, 2.05) is 27.7 Å². The minimum Gasteiger partial charge on any atom is -0.377 e. The molecule has 20 heavy (non-hydrogen) atoms. The summed E-state index contributed by atoms with van der Waals surface area (Å²) in [5, 5.41) is 2.83. The van der Waals surface area contributed by atoms with E-state index in [1.54, 1.807) is 18.7 Å². The third-order valence-electron chi connectivity index (χ3n) is 3.80. The molecule has 0 bridgehead atoms. The third-order valence-corrected chi connectivity index (χ3v) is 3.80. The maximum atomic E-state index is 12.6. The van der Waals surface area contributed by atoms with E-state index >= 15 is 0 Å². The average molecular weight is 284 g/mol. The molecule has 2 atom stereocenters. The van der Waals surface area contributed by atoms with Gasteiger partial charge in [0.2, 0.25) is 11.8 Å². The van der Waals surface area contributed by atoms with Crippen LogP contribution in [0.1, 0.15) is 48.0 Å². The molecule has 5 nitrogen and oxygen atoms in total. The summed E-state index contributed by atoms with van der Waals surface area (Å²) in [7, 11) is 0. The molecule has 116 valence electrons. The zero-order valence-electron chi connectivity index (χ0n) is 13.5. The fourth-order valence-corrected chi connectivity index (χ4v) is 2.48. The van der Waals surface area contributed by atoms with Gasteiger partial charge >= 0.3 is 0 Å². The molecule has 1 heterocycles. The number of nitrogens with one attached hydrogen (secondary N) is 1. The Hall–Kier alpha value is -1.10. The molecule has 0 aromatic heterocycles. The van der Waals surface area contributed by atoms with E-state index in [1.165, 1.54) is 0 Å². The molecular weight excluding hydrogens is 256 g/mol. The van der Waals surface area contributed by atoms with E-state index < -0.39 is 11.6 Å². The van der Waals surface area contributed by atoms with Crippen LogP contribution in [0.5, 0.6) is 0 Å².